The van der Waals surface area contributed by atoms with Crippen LogP contribution >= 0.6 is 22.9 Å². The zero-order chi connectivity index (χ0) is 26.4. The van der Waals surface area contributed by atoms with Crippen molar-refractivity contribution in [3.05, 3.63) is 86.8 Å². The van der Waals surface area contributed by atoms with Crippen LogP contribution in [-0.2, 0) is 28.7 Å². The molecular formula is C29H26ClN7OS. The molecule has 2 fully saturated rings. The van der Waals surface area contributed by atoms with Gasteiger partial charge < -0.3 is 5.32 Å². The van der Waals surface area contributed by atoms with E-state index in [1.54, 1.807) is 11.3 Å². The van der Waals surface area contributed by atoms with Crippen LogP contribution in [0.1, 0.15) is 70.9 Å². The largest absolute Gasteiger partial charge is 0.346 e. The molecule has 4 heterocycles. The fourth-order valence-corrected chi connectivity index (χ4v) is 8.03. The molecule has 8 rings (SSSR count). The fourth-order valence-electron chi connectivity index (χ4n) is 6.31. The zero-order valence-electron chi connectivity index (χ0n) is 21.4. The number of carbonyl (C=O) groups excluding carboxylic acids is 1. The van der Waals surface area contributed by atoms with Crippen molar-refractivity contribution in [3.8, 4) is 5.00 Å². The van der Waals surface area contributed by atoms with Gasteiger partial charge in [-0.25, -0.2) is 9.97 Å². The summed E-state index contributed by atoms with van der Waals surface area (Å²) in [6, 6.07) is 7.97. The number of aliphatic imine (C=N–C) groups is 1. The van der Waals surface area contributed by atoms with Crippen molar-refractivity contribution in [3.63, 3.8) is 0 Å². The first-order valence-electron chi connectivity index (χ1n) is 13.5. The molecule has 3 aromatic heterocycles. The molecule has 0 bridgehead atoms. The van der Waals surface area contributed by atoms with Crippen molar-refractivity contribution in [2.45, 2.75) is 62.9 Å². The monoisotopic (exact) mass is 555 g/mol. The first-order chi connectivity index (χ1) is 19.0. The van der Waals surface area contributed by atoms with Crippen LogP contribution in [0.2, 0.25) is 5.02 Å². The lowest BCUT2D eigenvalue weighted by atomic mass is 9.96. The number of nitrogens with one attached hydrogen (secondary N) is 1. The Hall–Kier alpha value is -3.43. The van der Waals surface area contributed by atoms with Gasteiger partial charge in [0.15, 0.2) is 5.82 Å². The minimum Gasteiger partial charge on any atom is -0.346 e. The van der Waals surface area contributed by atoms with E-state index in [4.69, 9.17) is 16.6 Å². The summed E-state index contributed by atoms with van der Waals surface area (Å²) in [6.45, 7) is 2.01. The molecule has 1 amide bonds. The number of aryl methyl sites for hydroxylation is 1. The van der Waals surface area contributed by atoms with Crippen LogP contribution in [0.3, 0.4) is 0 Å². The molecule has 8 nitrogen and oxygen atoms in total. The van der Waals surface area contributed by atoms with Crippen LogP contribution in [0.15, 0.2) is 48.0 Å². The summed E-state index contributed by atoms with van der Waals surface area (Å²) in [5.41, 5.74) is 4.67. The van der Waals surface area contributed by atoms with E-state index in [0.29, 0.717) is 11.4 Å². The Morgan fingerprint density at radius 1 is 1.13 bits per heavy atom. The van der Waals surface area contributed by atoms with Crippen molar-refractivity contribution in [1.29, 1.82) is 0 Å². The van der Waals surface area contributed by atoms with Crippen LogP contribution in [0.4, 0.5) is 0 Å². The third-order valence-electron chi connectivity index (χ3n) is 8.61. The van der Waals surface area contributed by atoms with Gasteiger partial charge in [0.1, 0.15) is 22.7 Å². The Balaban J connectivity index is 1.14. The van der Waals surface area contributed by atoms with Crippen molar-refractivity contribution in [2.75, 3.05) is 0 Å². The highest BCUT2D eigenvalue weighted by Gasteiger charge is 2.52. The lowest BCUT2D eigenvalue weighted by molar-refractivity contribution is -0.123. The molecule has 1 spiro atoms. The predicted molar refractivity (Wildman–Crippen MR) is 149 cm³/mol. The van der Waals surface area contributed by atoms with Crippen molar-refractivity contribution in [2.24, 2.45) is 10.9 Å². The SMILES string of the molecule is Cc1nnc2n1-c1sc3c(c1C(c1ccccc1Cl)=NC21CC1)C[C@H](CC(=O)NC1(c2cncnc2)CC1)C3. The lowest BCUT2D eigenvalue weighted by Gasteiger charge is -2.19. The van der Waals surface area contributed by atoms with E-state index >= 15 is 0 Å². The number of rotatable bonds is 5. The smallest absolute Gasteiger partial charge is 0.220 e. The minimum atomic E-state index is -0.348. The summed E-state index contributed by atoms with van der Waals surface area (Å²) < 4.78 is 2.22. The maximum atomic E-state index is 13.2. The Bertz CT molecular complexity index is 1680. The Kier molecular flexibility index (Phi) is 4.98. The highest BCUT2D eigenvalue weighted by molar-refractivity contribution is 7.15. The van der Waals surface area contributed by atoms with Gasteiger partial charge in [0.2, 0.25) is 5.91 Å². The number of hydrogen-bond donors (Lipinski definition) is 1. The number of fused-ring (bicyclic) bond motifs is 6. The maximum absolute atomic E-state index is 13.2. The van der Waals surface area contributed by atoms with Gasteiger partial charge in [0.25, 0.3) is 0 Å². The number of thiophene rings is 1. The summed E-state index contributed by atoms with van der Waals surface area (Å²) in [4.78, 5) is 28.2. The summed E-state index contributed by atoms with van der Waals surface area (Å²) >= 11 is 8.56. The van der Waals surface area contributed by atoms with E-state index in [0.717, 1.165) is 77.6 Å². The normalized spacial score (nSPS) is 21.0. The van der Waals surface area contributed by atoms with Gasteiger partial charge in [0, 0.05) is 45.4 Å². The highest BCUT2D eigenvalue weighted by Crippen LogP contribution is 2.54. The number of amides is 1. The fraction of sp³-hybridized carbons (Fsp3) is 0.379. The van der Waals surface area contributed by atoms with Crippen LogP contribution in [0.25, 0.3) is 5.00 Å². The van der Waals surface area contributed by atoms with E-state index in [-0.39, 0.29) is 22.9 Å². The summed E-state index contributed by atoms with van der Waals surface area (Å²) in [5, 5.41) is 14.2. The molecule has 2 saturated carbocycles. The first-order valence-corrected chi connectivity index (χ1v) is 14.6. The summed E-state index contributed by atoms with van der Waals surface area (Å²) in [7, 11) is 0. The molecule has 0 saturated heterocycles. The second kappa shape index (κ2) is 8.29. The highest BCUT2D eigenvalue weighted by atomic mass is 35.5. The van der Waals surface area contributed by atoms with E-state index in [2.05, 4.69) is 36.1 Å². The van der Waals surface area contributed by atoms with Crippen molar-refractivity contribution >= 4 is 34.6 Å². The second-order valence-electron chi connectivity index (χ2n) is 11.3. The Morgan fingerprint density at radius 3 is 2.67 bits per heavy atom. The van der Waals surface area contributed by atoms with Gasteiger partial charge in [0.05, 0.1) is 11.3 Å². The van der Waals surface area contributed by atoms with Gasteiger partial charge in [-0.15, -0.1) is 21.5 Å². The summed E-state index contributed by atoms with van der Waals surface area (Å²) in [5.74, 6) is 2.14. The average molecular weight is 556 g/mol. The molecule has 3 aliphatic carbocycles. The van der Waals surface area contributed by atoms with E-state index in [9.17, 15) is 4.79 Å². The van der Waals surface area contributed by atoms with E-state index < -0.39 is 0 Å². The van der Waals surface area contributed by atoms with Crippen molar-refractivity contribution in [1.82, 2.24) is 30.0 Å². The molecule has 39 heavy (non-hydrogen) atoms. The molecule has 0 unspecified atom stereocenters. The number of halogens is 1. The van der Waals surface area contributed by atoms with Gasteiger partial charge in [-0.1, -0.05) is 29.8 Å². The van der Waals surface area contributed by atoms with Crippen LogP contribution < -0.4 is 5.32 Å². The minimum absolute atomic E-state index is 0.0939. The molecular weight excluding hydrogens is 530 g/mol. The molecule has 1 atom stereocenters. The molecule has 0 radical (unpaired) electrons. The number of benzene rings is 1. The molecule has 196 valence electrons. The molecule has 1 N–H and O–H groups in total. The number of nitrogens with zero attached hydrogens (tertiary/aromatic N) is 6. The maximum Gasteiger partial charge on any atom is 0.220 e. The van der Waals surface area contributed by atoms with E-state index in [1.807, 2.05) is 37.5 Å². The Morgan fingerprint density at radius 2 is 1.92 bits per heavy atom. The summed E-state index contributed by atoms with van der Waals surface area (Å²) in [6.07, 6.45) is 11.1. The third-order valence-corrected chi connectivity index (χ3v) is 10.2. The number of hydrogen-bond acceptors (Lipinski definition) is 7. The number of aromatic nitrogens is 5. The number of carbonyl (C=O) groups is 1. The molecule has 4 aliphatic rings. The Labute approximate surface area is 234 Å². The van der Waals surface area contributed by atoms with Gasteiger partial charge in [-0.05, 0) is 63.0 Å². The molecule has 10 heteroatoms. The third kappa shape index (κ3) is 3.63. The second-order valence-corrected chi connectivity index (χ2v) is 12.8. The quantitative estimate of drug-likeness (QED) is 0.380. The first kappa shape index (κ1) is 23.5. The van der Waals surface area contributed by atoms with Gasteiger partial charge >= 0.3 is 0 Å². The molecule has 1 aliphatic heterocycles. The van der Waals surface area contributed by atoms with Gasteiger partial charge in [-0.2, -0.15) is 0 Å². The molecule has 1 aromatic carbocycles. The molecule has 4 aromatic rings. The zero-order valence-corrected chi connectivity index (χ0v) is 23.0. The standard InChI is InChI=1S/C29H26ClN7OS/c1-16-35-36-27-29(8-9-29)34-25(19-4-2-3-5-21(19)30)24-20-10-17(11-22(20)39-26(24)37(16)27)12-23(38)33-28(6-7-28)18-13-31-15-32-14-18/h2-5,13-15,17H,6-12H2,1H3,(H,33,38)/t17-/m0/s1. The van der Waals surface area contributed by atoms with Crippen molar-refractivity contribution < 1.29 is 4.79 Å². The van der Waals surface area contributed by atoms with Crippen LogP contribution in [0.5, 0.6) is 0 Å². The van der Waals surface area contributed by atoms with Gasteiger partial charge in [-0.3, -0.25) is 14.4 Å². The average Bonchev–Trinajstić information content (AvgIpc) is 3.78. The van der Waals surface area contributed by atoms with E-state index in [1.165, 1.54) is 16.8 Å². The van der Waals surface area contributed by atoms with Crippen LogP contribution in [-0.4, -0.2) is 36.4 Å². The topological polar surface area (TPSA) is 98.0 Å². The predicted octanol–water partition coefficient (Wildman–Crippen LogP) is 4.83. The lowest BCUT2D eigenvalue weighted by Crippen LogP contribution is -2.36. The van der Waals surface area contributed by atoms with Crippen LogP contribution in [0, 0.1) is 12.8 Å².